The van der Waals surface area contributed by atoms with Crippen molar-refractivity contribution in [1.29, 1.82) is 0 Å². The first kappa shape index (κ1) is 16.3. The monoisotopic (exact) mass is 318 g/mol. The molecular weight excluding hydrogens is 292 g/mol. The molecule has 5 heteroatoms. The zero-order valence-corrected chi connectivity index (χ0v) is 13.9. The second kappa shape index (κ2) is 6.13. The van der Waals surface area contributed by atoms with Crippen LogP contribution < -0.4 is 5.73 Å². The molecule has 2 aliphatic heterocycles. The number of rotatable bonds is 3. The summed E-state index contributed by atoms with van der Waals surface area (Å²) in [5.74, 6) is 0.657. The van der Waals surface area contributed by atoms with Gasteiger partial charge in [0.15, 0.2) is 0 Å². The third-order valence-electron chi connectivity index (χ3n) is 4.91. The van der Waals surface area contributed by atoms with E-state index in [2.05, 4.69) is 13.8 Å². The van der Waals surface area contributed by atoms with Crippen LogP contribution in [0.15, 0.2) is 24.3 Å². The van der Waals surface area contributed by atoms with Gasteiger partial charge in [-0.2, -0.15) is 0 Å². The van der Waals surface area contributed by atoms with Gasteiger partial charge in [0.2, 0.25) is 5.91 Å². The first-order valence-electron chi connectivity index (χ1n) is 8.34. The number of phenols is 1. The number of amides is 1. The Morgan fingerprint density at radius 1 is 1.43 bits per heavy atom. The summed E-state index contributed by atoms with van der Waals surface area (Å²) in [5, 5.41) is 9.31. The molecule has 3 rings (SSSR count). The number of fused-ring (bicyclic) bond motifs is 1. The van der Waals surface area contributed by atoms with Crippen LogP contribution in [0.5, 0.6) is 5.75 Å². The first-order chi connectivity index (χ1) is 10.8. The van der Waals surface area contributed by atoms with E-state index in [9.17, 15) is 9.90 Å². The number of carbonyl (C=O) groups is 1. The van der Waals surface area contributed by atoms with Crippen molar-refractivity contribution in [2.75, 3.05) is 13.1 Å². The zero-order valence-electron chi connectivity index (χ0n) is 13.9. The van der Waals surface area contributed by atoms with E-state index in [1.54, 1.807) is 12.1 Å². The number of likely N-dealkylation sites (tertiary alicyclic amines) is 1. The van der Waals surface area contributed by atoms with E-state index in [-0.39, 0.29) is 23.4 Å². The maximum atomic E-state index is 12.6. The number of ether oxygens (including phenoxy) is 1. The van der Waals surface area contributed by atoms with E-state index in [1.807, 2.05) is 17.0 Å². The van der Waals surface area contributed by atoms with E-state index in [4.69, 9.17) is 10.5 Å². The summed E-state index contributed by atoms with van der Waals surface area (Å²) in [6.07, 6.45) is 2.66. The van der Waals surface area contributed by atoms with Gasteiger partial charge < -0.3 is 20.5 Å². The number of nitrogens with two attached hydrogens (primary N) is 1. The highest BCUT2D eigenvalue weighted by Gasteiger charge is 2.44. The molecule has 0 aliphatic carbocycles. The molecule has 1 aromatic rings. The number of carbonyl (C=O) groups excluding carboxylic acids is 1. The SMILES string of the molecule is CC1(C)C[C@@H]2CN(C(=O)[C@@H](N)Cc3ccc(O)cc3)CC[C@@H]2O1. The van der Waals surface area contributed by atoms with Gasteiger partial charge >= 0.3 is 0 Å². The summed E-state index contributed by atoms with van der Waals surface area (Å²) >= 11 is 0. The lowest BCUT2D eigenvalue weighted by Gasteiger charge is -2.35. The molecule has 0 bridgehead atoms. The number of benzene rings is 1. The molecule has 3 atom stereocenters. The van der Waals surface area contributed by atoms with Crippen molar-refractivity contribution in [3.63, 3.8) is 0 Å². The van der Waals surface area contributed by atoms with Crippen molar-refractivity contribution in [3.8, 4) is 5.75 Å². The van der Waals surface area contributed by atoms with Crippen molar-refractivity contribution in [2.45, 2.75) is 50.9 Å². The van der Waals surface area contributed by atoms with E-state index >= 15 is 0 Å². The lowest BCUT2D eigenvalue weighted by molar-refractivity contribution is -0.136. The quantitative estimate of drug-likeness (QED) is 0.889. The number of aromatic hydroxyl groups is 1. The van der Waals surface area contributed by atoms with Gasteiger partial charge in [-0.15, -0.1) is 0 Å². The molecule has 2 saturated heterocycles. The second-order valence-corrected chi connectivity index (χ2v) is 7.43. The summed E-state index contributed by atoms with van der Waals surface area (Å²) < 4.78 is 6.06. The maximum Gasteiger partial charge on any atom is 0.239 e. The van der Waals surface area contributed by atoms with Crippen LogP contribution >= 0.6 is 0 Å². The topological polar surface area (TPSA) is 75.8 Å². The van der Waals surface area contributed by atoms with E-state index in [1.165, 1.54) is 0 Å². The standard InChI is InChI=1S/C18H26N2O3/c1-18(2)10-13-11-20(8-7-16(13)23-18)17(22)15(19)9-12-3-5-14(21)6-4-12/h3-6,13,15-16,21H,7-11,19H2,1-2H3/t13-,15+,16+/m1/s1. The van der Waals surface area contributed by atoms with Crippen LogP contribution in [0.3, 0.4) is 0 Å². The third-order valence-corrected chi connectivity index (χ3v) is 4.91. The Balaban J connectivity index is 1.58. The first-order valence-corrected chi connectivity index (χ1v) is 8.34. The van der Waals surface area contributed by atoms with Crippen LogP contribution in [0.4, 0.5) is 0 Å². The van der Waals surface area contributed by atoms with Gasteiger partial charge in [0, 0.05) is 19.0 Å². The summed E-state index contributed by atoms with van der Waals surface area (Å²) in [6.45, 7) is 5.71. The van der Waals surface area contributed by atoms with Crippen LogP contribution in [0.25, 0.3) is 0 Å². The van der Waals surface area contributed by atoms with Crippen molar-refractivity contribution < 1.29 is 14.6 Å². The van der Waals surface area contributed by atoms with E-state index in [0.717, 1.165) is 31.5 Å². The summed E-state index contributed by atoms with van der Waals surface area (Å²) in [6, 6.07) is 6.32. The molecule has 0 radical (unpaired) electrons. The molecule has 2 fully saturated rings. The molecule has 2 heterocycles. The molecule has 1 aromatic carbocycles. The second-order valence-electron chi connectivity index (χ2n) is 7.43. The fourth-order valence-corrected chi connectivity index (χ4v) is 3.86. The molecule has 3 N–H and O–H groups in total. The number of nitrogens with zero attached hydrogens (tertiary/aromatic N) is 1. The molecule has 23 heavy (non-hydrogen) atoms. The van der Waals surface area contributed by atoms with Crippen LogP contribution in [-0.2, 0) is 16.0 Å². The predicted octanol–water partition coefficient (Wildman–Crippen LogP) is 1.68. The van der Waals surface area contributed by atoms with E-state index < -0.39 is 6.04 Å². The highest BCUT2D eigenvalue weighted by atomic mass is 16.5. The summed E-state index contributed by atoms with van der Waals surface area (Å²) in [7, 11) is 0. The molecule has 0 aromatic heterocycles. The lowest BCUT2D eigenvalue weighted by Crippen LogP contribution is -2.51. The highest BCUT2D eigenvalue weighted by Crippen LogP contribution is 2.38. The molecular formula is C18H26N2O3. The Kier molecular flexibility index (Phi) is 4.34. The molecule has 2 aliphatic rings. The number of phenolic OH excluding ortho intramolecular Hbond substituents is 1. The average Bonchev–Trinajstić information content (AvgIpc) is 2.81. The largest absolute Gasteiger partial charge is 0.508 e. The Hall–Kier alpha value is -1.59. The minimum absolute atomic E-state index is 0.0150. The van der Waals surface area contributed by atoms with Crippen LogP contribution in [-0.4, -0.2) is 46.7 Å². The number of hydrogen-bond donors (Lipinski definition) is 2. The number of hydrogen-bond acceptors (Lipinski definition) is 4. The maximum absolute atomic E-state index is 12.6. The van der Waals surface area contributed by atoms with Crippen LogP contribution in [0.2, 0.25) is 0 Å². The molecule has 5 nitrogen and oxygen atoms in total. The minimum atomic E-state index is -0.536. The Morgan fingerprint density at radius 2 is 2.13 bits per heavy atom. The normalized spacial score (nSPS) is 27.5. The van der Waals surface area contributed by atoms with Gasteiger partial charge in [-0.05, 0) is 50.8 Å². The highest BCUT2D eigenvalue weighted by molar-refractivity contribution is 5.82. The third kappa shape index (κ3) is 3.67. The molecule has 126 valence electrons. The van der Waals surface area contributed by atoms with Crippen LogP contribution in [0, 0.1) is 5.92 Å². The molecule has 0 spiro atoms. The van der Waals surface area contributed by atoms with Gasteiger partial charge in [0.1, 0.15) is 5.75 Å². The molecule has 0 saturated carbocycles. The van der Waals surface area contributed by atoms with Gasteiger partial charge in [-0.3, -0.25) is 4.79 Å². The van der Waals surface area contributed by atoms with E-state index in [0.29, 0.717) is 12.3 Å². The minimum Gasteiger partial charge on any atom is -0.508 e. The fourth-order valence-electron chi connectivity index (χ4n) is 3.86. The smallest absolute Gasteiger partial charge is 0.239 e. The van der Waals surface area contributed by atoms with Crippen LogP contribution in [0.1, 0.15) is 32.3 Å². The van der Waals surface area contributed by atoms with Crippen molar-refractivity contribution >= 4 is 5.91 Å². The van der Waals surface area contributed by atoms with Crippen molar-refractivity contribution in [2.24, 2.45) is 11.7 Å². The lowest BCUT2D eigenvalue weighted by atomic mass is 9.89. The predicted molar refractivity (Wildman–Crippen MR) is 88.0 cm³/mol. The van der Waals surface area contributed by atoms with Gasteiger partial charge in [-0.25, -0.2) is 0 Å². The average molecular weight is 318 g/mol. The molecule has 0 unspecified atom stereocenters. The Labute approximate surface area is 137 Å². The summed E-state index contributed by atoms with van der Waals surface area (Å²) in [5.41, 5.74) is 7.00. The Bertz CT molecular complexity index is 570. The van der Waals surface area contributed by atoms with Gasteiger partial charge in [-0.1, -0.05) is 12.1 Å². The number of piperidine rings is 1. The Morgan fingerprint density at radius 3 is 2.83 bits per heavy atom. The van der Waals surface area contributed by atoms with Crippen molar-refractivity contribution in [1.82, 2.24) is 4.90 Å². The fraction of sp³-hybridized carbons (Fsp3) is 0.611. The summed E-state index contributed by atoms with van der Waals surface area (Å²) in [4.78, 5) is 14.5. The van der Waals surface area contributed by atoms with Crippen molar-refractivity contribution in [3.05, 3.63) is 29.8 Å². The zero-order chi connectivity index (χ0) is 16.6. The van der Waals surface area contributed by atoms with Gasteiger partial charge in [0.05, 0.1) is 17.7 Å². The van der Waals surface area contributed by atoms with Gasteiger partial charge in [0.25, 0.3) is 0 Å². The molecule has 1 amide bonds.